The van der Waals surface area contributed by atoms with E-state index >= 15 is 0 Å². The first kappa shape index (κ1) is 9.92. The summed E-state index contributed by atoms with van der Waals surface area (Å²) in [5.74, 6) is 0. The van der Waals surface area contributed by atoms with Gasteiger partial charge in [0.15, 0.2) is 0 Å². The van der Waals surface area contributed by atoms with Gasteiger partial charge in [0.2, 0.25) is 0 Å². The normalized spacial score (nSPS) is 13.5. The molecule has 0 spiro atoms. The minimum Gasteiger partial charge on any atom is -0.392 e. The summed E-state index contributed by atoms with van der Waals surface area (Å²) in [7, 11) is 0. The van der Waals surface area contributed by atoms with Crippen LogP contribution in [0, 0.1) is 0 Å². The molecule has 0 aromatic carbocycles. The molecule has 0 rings (SSSR count). The molecule has 0 aliphatic rings. The fourth-order valence-corrected chi connectivity index (χ4v) is 0.715. The lowest BCUT2D eigenvalue weighted by molar-refractivity contribution is 0.167. The van der Waals surface area contributed by atoms with Gasteiger partial charge < -0.3 is 10.4 Å². The predicted octanol–water partition coefficient (Wildman–Crippen LogP) is 1.15. The van der Waals surface area contributed by atoms with Gasteiger partial charge in [-0.25, -0.2) is 0 Å². The molecule has 1 unspecified atom stereocenters. The van der Waals surface area contributed by atoms with E-state index in [1.165, 1.54) is 12.8 Å². The number of rotatable bonds is 6. The van der Waals surface area contributed by atoms with Gasteiger partial charge in [-0.2, -0.15) is 0 Å². The van der Waals surface area contributed by atoms with Crippen molar-refractivity contribution in [3.63, 3.8) is 0 Å². The van der Waals surface area contributed by atoms with Crippen molar-refractivity contribution in [3.05, 3.63) is 0 Å². The van der Waals surface area contributed by atoms with Crippen LogP contribution >= 0.6 is 0 Å². The third-order valence-electron chi connectivity index (χ3n) is 1.56. The molecular weight excluding hydrogens is 126 g/mol. The number of nitrogens with one attached hydrogen (secondary N) is 1. The first-order valence-electron chi connectivity index (χ1n) is 4.20. The summed E-state index contributed by atoms with van der Waals surface area (Å²) in [4.78, 5) is 0. The number of hydrogen-bond donors (Lipinski definition) is 2. The van der Waals surface area contributed by atoms with Gasteiger partial charge in [0.25, 0.3) is 0 Å². The van der Waals surface area contributed by atoms with Crippen LogP contribution in [0.25, 0.3) is 0 Å². The van der Waals surface area contributed by atoms with Crippen LogP contribution in [-0.4, -0.2) is 24.3 Å². The van der Waals surface area contributed by atoms with Gasteiger partial charge in [-0.1, -0.05) is 20.3 Å². The Bertz CT molecular complexity index is 66.3. The maximum absolute atomic E-state index is 9.09. The van der Waals surface area contributed by atoms with Gasteiger partial charge in [-0.15, -0.1) is 0 Å². The van der Waals surface area contributed by atoms with Crippen LogP contribution < -0.4 is 5.32 Å². The molecule has 0 aliphatic carbocycles. The first-order valence-corrected chi connectivity index (χ1v) is 4.20. The molecule has 0 aromatic rings. The van der Waals surface area contributed by atoms with Crippen LogP contribution in [0.2, 0.25) is 0 Å². The van der Waals surface area contributed by atoms with E-state index in [0.717, 1.165) is 19.5 Å². The maximum Gasteiger partial charge on any atom is 0.0662 e. The molecular formula is C8H19NO. The molecule has 0 aliphatic heterocycles. The zero-order valence-electron chi connectivity index (χ0n) is 7.06. The van der Waals surface area contributed by atoms with Crippen LogP contribution in [0.3, 0.4) is 0 Å². The van der Waals surface area contributed by atoms with Gasteiger partial charge in [-0.05, 0) is 19.4 Å². The summed E-state index contributed by atoms with van der Waals surface area (Å²) >= 11 is 0. The molecule has 0 saturated heterocycles. The van der Waals surface area contributed by atoms with Crippen LogP contribution in [0.1, 0.15) is 33.1 Å². The third-order valence-corrected chi connectivity index (χ3v) is 1.56. The van der Waals surface area contributed by atoms with E-state index in [1.807, 2.05) is 6.92 Å². The zero-order chi connectivity index (χ0) is 7.82. The van der Waals surface area contributed by atoms with Crippen LogP contribution in [0.15, 0.2) is 0 Å². The first-order chi connectivity index (χ1) is 4.81. The molecule has 0 fully saturated rings. The SMILES string of the molecule is CCCCNCC(O)CC. The average Bonchev–Trinajstić information content (AvgIpc) is 1.98. The molecule has 0 heterocycles. The number of aliphatic hydroxyl groups is 1. The van der Waals surface area contributed by atoms with Gasteiger partial charge in [0.1, 0.15) is 0 Å². The molecule has 10 heavy (non-hydrogen) atoms. The number of aliphatic hydroxyl groups excluding tert-OH is 1. The highest BCUT2D eigenvalue weighted by Gasteiger charge is 1.96. The lowest BCUT2D eigenvalue weighted by Gasteiger charge is -2.07. The topological polar surface area (TPSA) is 32.3 Å². The molecule has 2 heteroatoms. The fourth-order valence-electron chi connectivity index (χ4n) is 0.715. The average molecular weight is 145 g/mol. The fraction of sp³-hybridized carbons (Fsp3) is 1.00. The molecule has 0 aromatic heterocycles. The van der Waals surface area contributed by atoms with Crippen molar-refractivity contribution in [1.29, 1.82) is 0 Å². The second-order valence-corrected chi connectivity index (χ2v) is 2.62. The summed E-state index contributed by atoms with van der Waals surface area (Å²) in [6.45, 7) is 5.94. The Morgan fingerprint density at radius 3 is 2.60 bits per heavy atom. The van der Waals surface area contributed by atoms with Crippen molar-refractivity contribution >= 4 is 0 Å². The lowest BCUT2D eigenvalue weighted by Crippen LogP contribution is -2.26. The minimum absolute atomic E-state index is 0.156. The predicted molar refractivity (Wildman–Crippen MR) is 44.1 cm³/mol. The second kappa shape index (κ2) is 7.03. The third kappa shape index (κ3) is 6.05. The van der Waals surface area contributed by atoms with Crippen molar-refractivity contribution in [2.24, 2.45) is 0 Å². The highest BCUT2D eigenvalue weighted by Crippen LogP contribution is 1.87. The van der Waals surface area contributed by atoms with Crippen LogP contribution in [0.5, 0.6) is 0 Å². The molecule has 2 nitrogen and oxygen atoms in total. The van der Waals surface area contributed by atoms with Gasteiger partial charge >= 0.3 is 0 Å². The van der Waals surface area contributed by atoms with Crippen molar-refractivity contribution in [2.75, 3.05) is 13.1 Å². The van der Waals surface area contributed by atoms with Crippen molar-refractivity contribution in [2.45, 2.75) is 39.2 Å². The van der Waals surface area contributed by atoms with Crippen molar-refractivity contribution in [3.8, 4) is 0 Å². The summed E-state index contributed by atoms with van der Waals surface area (Å²) in [6.07, 6.45) is 3.11. The molecule has 0 bridgehead atoms. The monoisotopic (exact) mass is 145 g/mol. The van der Waals surface area contributed by atoms with E-state index < -0.39 is 0 Å². The van der Waals surface area contributed by atoms with E-state index in [2.05, 4.69) is 12.2 Å². The highest BCUT2D eigenvalue weighted by atomic mass is 16.3. The van der Waals surface area contributed by atoms with Crippen LogP contribution in [0.4, 0.5) is 0 Å². The Morgan fingerprint density at radius 1 is 1.40 bits per heavy atom. The van der Waals surface area contributed by atoms with Gasteiger partial charge in [0, 0.05) is 6.54 Å². The summed E-state index contributed by atoms with van der Waals surface area (Å²) < 4.78 is 0. The molecule has 0 amide bonds. The highest BCUT2D eigenvalue weighted by molar-refractivity contribution is 4.55. The van der Waals surface area contributed by atoms with Gasteiger partial charge in [0.05, 0.1) is 6.10 Å². The summed E-state index contributed by atoms with van der Waals surface area (Å²) in [5.41, 5.74) is 0. The molecule has 2 N–H and O–H groups in total. The molecule has 0 saturated carbocycles. The Balaban J connectivity index is 2.89. The Kier molecular flexibility index (Phi) is 6.98. The van der Waals surface area contributed by atoms with Gasteiger partial charge in [-0.3, -0.25) is 0 Å². The molecule has 1 atom stereocenters. The second-order valence-electron chi connectivity index (χ2n) is 2.62. The standard InChI is InChI=1S/C8H19NO/c1-3-5-6-9-7-8(10)4-2/h8-10H,3-7H2,1-2H3. The maximum atomic E-state index is 9.09. The Hall–Kier alpha value is -0.0800. The van der Waals surface area contributed by atoms with E-state index in [1.54, 1.807) is 0 Å². The summed E-state index contributed by atoms with van der Waals surface area (Å²) in [6, 6.07) is 0. The van der Waals surface area contributed by atoms with E-state index in [-0.39, 0.29) is 6.10 Å². The Morgan fingerprint density at radius 2 is 2.10 bits per heavy atom. The van der Waals surface area contributed by atoms with Crippen LogP contribution in [-0.2, 0) is 0 Å². The smallest absolute Gasteiger partial charge is 0.0662 e. The summed E-state index contributed by atoms with van der Waals surface area (Å²) in [5, 5.41) is 12.3. The largest absolute Gasteiger partial charge is 0.392 e. The number of hydrogen-bond acceptors (Lipinski definition) is 2. The number of unbranched alkanes of at least 4 members (excludes halogenated alkanes) is 1. The zero-order valence-corrected chi connectivity index (χ0v) is 7.06. The quantitative estimate of drug-likeness (QED) is 0.549. The molecule has 62 valence electrons. The van der Waals surface area contributed by atoms with E-state index in [9.17, 15) is 0 Å². The lowest BCUT2D eigenvalue weighted by atomic mass is 10.2. The van der Waals surface area contributed by atoms with Crippen molar-refractivity contribution < 1.29 is 5.11 Å². The van der Waals surface area contributed by atoms with E-state index in [0.29, 0.717) is 0 Å². The van der Waals surface area contributed by atoms with E-state index in [4.69, 9.17) is 5.11 Å². The molecule has 0 radical (unpaired) electrons. The Labute approximate surface area is 63.6 Å². The van der Waals surface area contributed by atoms with Crippen molar-refractivity contribution in [1.82, 2.24) is 5.32 Å². The minimum atomic E-state index is -0.156.